The summed E-state index contributed by atoms with van der Waals surface area (Å²) in [6.07, 6.45) is 1.70. The molecule has 7 nitrogen and oxygen atoms in total. The van der Waals surface area contributed by atoms with Crippen molar-refractivity contribution in [3.05, 3.63) is 95.3 Å². The molecule has 1 heterocycles. The third-order valence-electron chi connectivity index (χ3n) is 5.66. The Balaban J connectivity index is 1.50. The first-order valence-electron chi connectivity index (χ1n) is 11.8. The Bertz CT molecular complexity index is 1340. The van der Waals surface area contributed by atoms with Crippen LogP contribution in [0.25, 0.3) is 5.69 Å². The number of carbonyl (C=O) groups excluding carboxylic acids is 1. The molecule has 1 aromatic heterocycles. The highest BCUT2D eigenvalue weighted by Crippen LogP contribution is 2.26. The monoisotopic (exact) mass is 497 g/mol. The van der Waals surface area contributed by atoms with E-state index >= 15 is 0 Å². The van der Waals surface area contributed by atoms with Crippen molar-refractivity contribution in [2.75, 3.05) is 11.1 Å². The molecule has 1 N–H and O–H groups in total. The van der Waals surface area contributed by atoms with E-state index in [-0.39, 0.29) is 18.3 Å². The Morgan fingerprint density at radius 3 is 2.31 bits per heavy atom. The van der Waals surface area contributed by atoms with Crippen LogP contribution in [0.1, 0.15) is 36.4 Å². The maximum absolute atomic E-state index is 12.9. The molecular formula is C28H27N5O2S. The van der Waals surface area contributed by atoms with E-state index in [1.54, 1.807) is 24.3 Å². The van der Waals surface area contributed by atoms with Crippen LogP contribution in [-0.4, -0.2) is 26.4 Å². The number of rotatable bonds is 10. The van der Waals surface area contributed by atoms with Gasteiger partial charge in [0.15, 0.2) is 11.0 Å². The number of hydrogen-bond acceptors (Lipinski definition) is 6. The van der Waals surface area contributed by atoms with E-state index in [0.29, 0.717) is 22.3 Å². The Morgan fingerprint density at radius 1 is 0.972 bits per heavy atom. The summed E-state index contributed by atoms with van der Waals surface area (Å²) in [5.41, 5.74) is 4.62. The van der Waals surface area contributed by atoms with E-state index in [9.17, 15) is 4.79 Å². The van der Waals surface area contributed by atoms with Crippen molar-refractivity contribution in [1.29, 1.82) is 5.26 Å². The average molecular weight is 498 g/mol. The summed E-state index contributed by atoms with van der Waals surface area (Å²) < 4.78 is 7.80. The largest absolute Gasteiger partial charge is 0.486 e. The highest BCUT2D eigenvalue weighted by Gasteiger charge is 2.17. The van der Waals surface area contributed by atoms with Gasteiger partial charge in [-0.25, -0.2) is 0 Å². The topological polar surface area (TPSA) is 92.8 Å². The van der Waals surface area contributed by atoms with Crippen LogP contribution in [0.4, 0.5) is 5.69 Å². The number of thioether (sulfide) groups is 1. The van der Waals surface area contributed by atoms with Gasteiger partial charge in [-0.15, -0.1) is 10.2 Å². The van der Waals surface area contributed by atoms with E-state index in [4.69, 9.17) is 10.00 Å². The van der Waals surface area contributed by atoms with E-state index < -0.39 is 0 Å². The van der Waals surface area contributed by atoms with Crippen LogP contribution < -0.4 is 10.1 Å². The normalized spacial score (nSPS) is 10.6. The van der Waals surface area contributed by atoms with Crippen molar-refractivity contribution in [3.8, 4) is 17.5 Å². The van der Waals surface area contributed by atoms with Crippen LogP contribution in [-0.2, 0) is 24.2 Å². The third kappa shape index (κ3) is 5.93. The SMILES string of the molecule is CCc1cccc(CC)c1NC(=O)CSc1nnc(COc2ccc(C#N)cc2)n1-c1ccccc1. The second kappa shape index (κ2) is 12.0. The molecule has 1 amide bonds. The lowest BCUT2D eigenvalue weighted by Crippen LogP contribution is -2.17. The number of para-hydroxylation sites is 2. The van der Waals surface area contributed by atoms with Gasteiger partial charge in [-0.1, -0.05) is 62.0 Å². The maximum atomic E-state index is 12.9. The number of hydrogen-bond donors (Lipinski definition) is 1. The number of carbonyl (C=O) groups is 1. The molecule has 0 saturated heterocycles. The predicted molar refractivity (Wildman–Crippen MR) is 141 cm³/mol. The number of ether oxygens (including phenoxy) is 1. The minimum Gasteiger partial charge on any atom is -0.486 e. The smallest absolute Gasteiger partial charge is 0.234 e. The van der Waals surface area contributed by atoms with Gasteiger partial charge in [0.25, 0.3) is 0 Å². The van der Waals surface area contributed by atoms with E-state index in [1.165, 1.54) is 11.8 Å². The lowest BCUT2D eigenvalue weighted by Gasteiger charge is -2.14. The van der Waals surface area contributed by atoms with Gasteiger partial charge in [0.1, 0.15) is 12.4 Å². The van der Waals surface area contributed by atoms with Crippen LogP contribution in [0.2, 0.25) is 0 Å². The predicted octanol–water partition coefficient (Wildman–Crippen LogP) is 5.57. The molecule has 0 aliphatic rings. The van der Waals surface area contributed by atoms with Gasteiger partial charge in [-0.3, -0.25) is 9.36 Å². The first-order chi connectivity index (χ1) is 17.6. The molecule has 0 saturated carbocycles. The molecule has 0 aliphatic carbocycles. The first kappa shape index (κ1) is 25.0. The summed E-state index contributed by atoms with van der Waals surface area (Å²) in [6, 6.07) is 24.9. The zero-order valence-electron chi connectivity index (χ0n) is 20.3. The van der Waals surface area contributed by atoms with Crippen molar-refractivity contribution in [2.45, 2.75) is 38.5 Å². The fourth-order valence-corrected chi connectivity index (χ4v) is 4.58. The van der Waals surface area contributed by atoms with Crippen LogP contribution in [0.5, 0.6) is 5.75 Å². The molecule has 4 rings (SSSR count). The molecule has 3 aromatic carbocycles. The molecule has 182 valence electrons. The minimum atomic E-state index is -0.0893. The summed E-state index contributed by atoms with van der Waals surface area (Å²) in [5, 5.41) is 21.4. The number of nitrogens with zero attached hydrogens (tertiary/aromatic N) is 4. The molecule has 0 radical (unpaired) electrons. The first-order valence-corrected chi connectivity index (χ1v) is 12.8. The quantitative estimate of drug-likeness (QED) is 0.288. The fraction of sp³-hybridized carbons (Fsp3) is 0.214. The number of amides is 1. The number of aromatic nitrogens is 3. The summed E-state index contributed by atoms with van der Waals surface area (Å²) in [4.78, 5) is 12.9. The maximum Gasteiger partial charge on any atom is 0.234 e. The van der Waals surface area contributed by atoms with Crippen molar-refractivity contribution >= 4 is 23.4 Å². The Hall–Kier alpha value is -4.09. The van der Waals surface area contributed by atoms with E-state index in [0.717, 1.165) is 35.3 Å². The van der Waals surface area contributed by atoms with Gasteiger partial charge >= 0.3 is 0 Å². The van der Waals surface area contributed by atoms with Gasteiger partial charge in [0.2, 0.25) is 5.91 Å². The molecule has 8 heteroatoms. The van der Waals surface area contributed by atoms with Crippen molar-refractivity contribution < 1.29 is 9.53 Å². The molecule has 4 aromatic rings. The Morgan fingerprint density at radius 2 is 1.67 bits per heavy atom. The number of anilines is 1. The molecule has 0 bridgehead atoms. The van der Waals surface area contributed by atoms with Crippen LogP contribution in [0, 0.1) is 11.3 Å². The molecule has 0 fully saturated rings. The summed E-state index contributed by atoms with van der Waals surface area (Å²) in [5.74, 6) is 1.35. The third-order valence-corrected chi connectivity index (χ3v) is 6.59. The fourth-order valence-electron chi connectivity index (χ4n) is 3.81. The average Bonchev–Trinajstić information content (AvgIpc) is 3.34. The zero-order valence-corrected chi connectivity index (χ0v) is 21.1. The molecular weight excluding hydrogens is 470 g/mol. The summed E-state index contributed by atoms with van der Waals surface area (Å²) in [7, 11) is 0. The van der Waals surface area contributed by atoms with E-state index in [2.05, 4.69) is 35.4 Å². The summed E-state index contributed by atoms with van der Waals surface area (Å²) in [6.45, 7) is 4.36. The molecule has 36 heavy (non-hydrogen) atoms. The van der Waals surface area contributed by atoms with Crippen molar-refractivity contribution in [3.63, 3.8) is 0 Å². The molecule has 0 atom stereocenters. The Labute approximate surface area is 215 Å². The highest BCUT2D eigenvalue weighted by atomic mass is 32.2. The van der Waals surface area contributed by atoms with Crippen molar-refractivity contribution in [1.82, 2.24) is 14.8 Å². The number of aryl methyl sites for hydroxylation is 2. The van der Waals surface area contributed by atoms with Gasteiger partial charge in [0, 0.05) is 11.4 Å². The van der Waals surface area contributed by atoms with Crippen LogP contribution in [0.15, 0.2) is 78.0 Å². The second-order valence-electron chi connectivity index (χ2n) is 7.99. The van der Waals surface area contributed by atoms with Gasteiger partial charge in [-0.05, 0) is 60.4 Å². The summed E-state index contributed by atoms with van der Waals surface area (Å²) >= 11 is 1.33. The van der Waals surface area contributed by atoms with Crippen molar-refractivity contribution in [2.24, 2.45) is 0 Å². The Kier molecular flexibility index (Phi) is 8.37. The van der Waals surface area contributed by atoms with Gasteiger partial charge in [-0.2, -0.15) is 5.26 Å². The molecule has 0 spiro atoms. The zero-order chi connectivity index (χ0) is 25.3. The van der Waals surface area contributed by atoms with E-state index in [1.807, 2.05) is 53.1 Å². The standard InChI is InChI=1S/C28H27N5O2S/c1-3-21-9-8-10-22(4-2)27(21)30-26(34)19-36-28-32-31-25(33(28)23-11-6-5-7-12-23)18-35-24-15-13-20(17-29)14-16-24/h5-16H,3-4,18-19H2,1-2H3,(H,30,34). The number of nitriles is 1. The number of benzene rings is 3. The number of nitrogens with one attached hydrogen (secondary N) is 1. The van der Waals surface area contributed by atoms with Crippen LogP contribution in [0.3, 0.4) is 0 Å². The lowest BCUT2D eigenvalue weighted by atomic mass is 10.0. The van der Waals surface area contributed by atoms with Gasteiger partial charge in [0.05, 0.1) is 17.4 Å². The van der Waals surface area contributed by atoms with Crippen LogP contribution >= 0.6 is 11.8 Å². The molecule has 0 unspecified atom stereocenters. The highest BCUT2D eigenvalue weighted by molar-refractivity contribution is 7.99. The lowest BCUT2D eigenvalue weighted by molar-refractivity contribution is -0.113. The molecule has 0 aliphatic heterocycles. The second-order valence-corrected chi connectivity index (χ2v) is 8.93. The minimum absolute atomic E-state index is 0.0893. The van der Waals surface area contributed by atoms with Gasteiger partial charge < -0.3 is 10.1 Å².